The average Bonchev–Trinajstić information content (AvgIpc) is 2.16. The molecule has 0 aromatic rings. The van der Waals surface area contributed by atoms with Crippen LogP contribution < -0.4 is 27.8 Å². The average molecular weight is 217 g/mol. The van der Waals surface area contributed by atoms with Crippen molar-refractivity contribution in [3.8, 4) is 0 Å². The molecule has 0 saturated carbocycles. The molecule has 0 radical (unpaired) electrons. The van der Waals surface area contributed by atoms with Crippen LogP contribution in [0.2, 0.25) is 0 Å². The standard InChI is InChI=1S/C8H19N5O2/c9-1-2-12-3-4-13-8(15)6(10)5-7(11)14/h6,12H,1-5,9-10H2,(H2,11,14)(H,13,15)/t6-/m0/s1. The van der Waals surface area contributed by atoms with Crippen LogP contribution in [-0.4, -0.2) is 44.0 Å². The van der Waals surface area contributed by atoms with Crippen molar-refractivity contribution in [1.29, 1.82) is 0 Å². The van der Waals surface area contributed by atoms with Gasteiger partial charge < -0.3 is 27.8 Å². The summed E-state index contributed by atoms with van der Waals surface area (Å²) in [7, 11) is 0. The molecule has 0 bridgehead atoms. The highest BCUT2D eigenvalue weighted by Crippen LogP contribution is 1.85. The van der Waals surface area contributed by atoms with Crippen LogP contribution in [0.25, 0.3) is 0 Å². The molecule has 0 unspecified atom stereocenters. The van der Waals surface area contributed by atoms with E-state index in [2.05, 4.69) is 10.6 Å². The summed E-state index contributed by atoms with van der Waals surface area (Å²) in [5.74, 6) is -0.956. The smallest absolute Gasteiger partial charge is 0.237 e. The van der Waals surface area contributed by atoms with Crippen molar-refractivity contribution < 1.29 is 9.59 Å². The number of carbonyl (C=O) groups is 2. The first-order valence-electron chi connectivity index (χ1n) is 4.80. The molecule has 0 aliphatic rings. The van der Waals surface area contributed by atoms with Gasteiger partial charge in [0.1, 0.15) is 0 Å². The highest BCUT2D eigenvalue weighted by atomic mass is 16.2. The van der Waals surface area contributed by atoms with Crippen molar-refractivity contribution in [2.75, 3.05) is 26.2 Å². The van der Waals surface area contributed by atoms with Crippen LogP contribution in [0.3, 0.4) is 0 Å². The fraction of sp³-hybridized carbons (Fsp3) is 0.750. The van der Waals surface area contributed by atoms with Crippen molar-refractivity contribution in [2.45, 2.75) is 12.5 Å². The topological polar surface area (TPSA) is 136 Å². The van der Waals surface area contributed by atoms with Gasteiger partial charge in [-0.05, 0) is 0 Å². The number of hydrogen-bond donors (Lipinski definition) is 5. The van der Waals surface area contributed by atoms with E-state index in [1.54, 1.807) is 0 Å². The molecule has 0 aliphatic heterocycles. The Balaban J connectivity index is 3.51. The Hall–Kier alpha value is -1.18. The van der Waals surface area contributed by atoms with Crippen LogP contribution >= 0.6 is 0 Å². The molecule has 8 N–H and O–H groups in total. The van der Waals surface area contributed by atoms with Gasteiger partial charge in [0.05, 0.1) is 12.5 Å². The largest absolute Gasteiger partial charge is 0.370 e. The SMILES string of the molecule is NCCNCCNC(=O)[C@@H](N)CC(N)=O. The van der Waals surface area contributed by atoms with Gasteiger partial charge >= 0.3 is 0 Å². The van der Waals surface area contributed by atoms with E-state index in [9.17, 15) is 9.59 Å². The molecule has 0 spiro atoms. The lowest BCUT2D eigenvalue weighted by molar-refractivity contribution is -0.126. The fourth-order valence-electron chi connectivity index (χ4n) is 0.942. The zero-order valence-electron chi connectivity index (χ0n) is 8.66. The second-order valence-electron chi connectivity index (χ2n) is 3.11. The summed E-state index contributed by atoms with van der Waals surface area (Å²) in [6.07, 6.45) is -0.137. The van der Waals surface area contributed by atoms with Gasteiger partial charge in [-0.15, -0.1) is 0 Å². The molecule has 88 valence electrons. The minimum absolute atomic E-state index is 0.137. The van der Waals surface area contributed by atoms with E-state index in [4.69, 9.17) is 17.2 Å². The maximum Gasteiger partial charge on any atom is 0.237 e. The molecule has 0 aliphatic carbocycles. The van der Waals surface area contributed by atoms with Gasteiger partial charge in [-0.1, -0.05) is 0 Å². The third kappa shape index (κ3) is 7.86. The molecule has 15 heavy (non-hydrogen) atoms. The van der Waals surface area contributed by atoms with Crippen LogP contribution in [0.15, 0.2) is 0 Å². The van der Waals surface area contributed by atoms with E-state index in [1.807, 2.05) is 0 Å². The van der Waals surface area contributed by atoms with E-state index >= 15 is 0 Å². The van der Waals surface area contributed by atoms with Gasteiger partial charge in [-0.2, -0.15) is 0 Å². The predicted molar refractivity (Wildman–Crippen MR) is 56.7 cm³/mol. The molecule has 7 heteroatoms. The van der Waals surface area contributed by atoms with Crippen LogP contribution in [0, 0.1) is 0 Å². The number of hydrogen-bond acceptors (Lipinski definition) is 5. The fourth-order valence-corrected chi connectivity index (χ4v) is 0.942. The first-order chi connectivity index (χ1) is 7.07. The van der Waals surface area contributed by atoms with E-state index in [0.717, 1.165) is 0 Å². The Morgan fingerprint density at radius 1 is 1.20 bits per heavy atom. The number of primary amides is 1. The maximum absolute atomic E-state index is 11.2. The molecule has 0 aromatic carbocycles. The summed E-state index contributed by atoms with van der Waals surface area (Å²) in [5.41, 5.74) is 15.6. The predicted octanol–water partition coefficient (Wildman–Crippen LogP) is -3.15. The first-order valence-corrected chi connectivity index (χ1v) is 4.80. The zero-order valence-corrected chi connectivity index (χ0v) is 8.66. The first kappa shape index (κ1) is 13.8. The van der Waals surface area contributed by atoms with Crippen LogP contribution in [0.5, 0.6) is 0 Å². The quantitative estimate of drug-likeness (QED) is 0.274. The molecule has 0 fully saturated rings. The van der Waals surface area contributed by atoms with Crippen LogP contribution in [0.1, 0.15) is 6.42 Å². The summed E-state index contributed by atoms with van der Waals surface area (Å²) < 4.78 is 0. The number of nitrogens with one attached hydrogen (secondary N) is 2. The Labute approximate surface area is 88.7 Å². The minimum Gasteiger partial charge on any atom is -0.370 e. The molecule has 0 heterocycles. The van der Waals surface area contributed by atoms with Crippen molar-refractivity contribution in [2.24, 2.45) is 17.2 Å². The molecule has 0 rings (SSSR count). The number of rotatable bonds is 8. The van der Waals surface area contributed by atoms with E-state index < -0.39 is 11.9 Å². The highest BCUT2D eigenvalue weighted by molar-refractivity contribution is 5.87. The van der Waals surface area contributed by atoms with Gasteiger partial charge in [0.25, 0.3) is 0 Å². The second kappa shape index (κ2) is 8.16. The van der Waals surface area contributed by atoms with E-state index in [1.165, 1.54) is 0 Å². The Bertz CT molecular complexity index is 209. The second-order valence-corrected chi connectivity index (χ2v) is 3.11. The number of nitrogens with two attached hydrogens (primary N) is 3. The van der Waals surface area contributed by atoms with Crippen molar-refractivity contribution >= 4 is 11.8 Å². The van der Waals surface area contributed by atoms with Gasteiger partial charge in [-0.25, -0.2) is 0 Å². The summed E-state index contributed by atoms with van der Waals surface area (Å²) in [6.45, 7) is 2.32. The monoisotopic (exact) mass is 217 g/mol. The third-order valence-electron chi connectivity index (χ3n) is 1.68. The van der Waals surface area contributed by atoms with E-state index in [0.29, 0.717) is 26.2 Å². The van der Waals surface area contributed by atoms with Crippen molar-refractivity contribution in [3.63, 3.8) is 0 Å². The Morgan fingerprint density at radius 3 is 2.40 bits per heavy atom. The summed E-state index contributed by atoms with van der Waals surface area (Å²) >= 11 is 0. The van der Waals surface area contributed by atoms with Gasteiger partial charge in [-0.3, -0.25) is 9.59 Å². The van der Waals surface area contributed by atoms with Crippen molar-refractivity contribution in [3.05, 3.63) is 0 Å². The molecule has 0 saturated heterocycles. The lowest BCUT2D eigenvalue weighted by Crippen LogP contribution is -2.45. The summed E-state index contributed by atoms with van der Waals surface area (Å²) in [6, 6.07) is -0.864. The third-order valence-corrected chi connectivity index (χ3v) is 1.68. The normalized spacial score (nSPS) is 12.1. The van der Waals surface area contributed by atoms with Gasteiger partial charge in [0.2, 0.25) is 11.8 Å². The van der Waals surface area contributed by atoms with Gasteiger partial charge in [0.15, 0.2) is 0 Å². The molecule has 0 aromatic heterocycles. The summed E-state index contributed by atoms with van der Waals surface area (Å²) in [5, 5.41) is 5.57. The molecule has 7 nitrogen and oxygen atoms in total. The van der Waals surface area contributed by atoms with Gasteiger partial charge in [0, 0.05) is 26.2 Å². The summed E-state index contributed by atoms with van der Waals surface area (Å²) in [4.78, 5) is 21.7. The van der Waals surface area contributed by atoms with Crippen molar-refractivity contribution in [1.82, 2.24) is 10.6 Å². The molecular formula is C8H19N5O2. The zero-order chi connectivity index (χ0) is 11.7. The minimum atomic E-state index is -0.864. The number of amides is 2. The Morgan fingerprint density at radius 2 is 1.87 bits per heavy atom. The lowest BCUT2D eigenvalue weighted by atomic mass is 10.2. The van der Waals surface area contributed by atoms with Crippen LogP contribution in [-0.2, 0) is 9.59 Å². The molecule has 1 atom stereocenters. The molecular weight excluding hydrogens is 198 g/mol. The Kier molecular flexibility index (Phi) is 7.51. The lowest BCUT2D eigenvalue weighted by Gasteiger charge is -2.10. The van der Waals surface area contributed by atoms with Crippen LogP contribution in [0.4, 0.5) is 0 Å². The number of carbonyl (C=O) groups excluding carboxylic acids is 2. The highest BCUT2D eigenvalue weighted by Gasteiger charge is 2.14. The maximum atomic E-state index is 11.2. The molecule has 2 amide bonds. The van der Waals surface area contributed by atoms with E-state index in [-0.39, 0.29) is 12.3 Å².